The third kappa shape index (κ3) is 4.43. The van der Waals surface area contributed by atoms with Gasteiger partial charge in [0.05, 0.1) is 5.02 Å². The van der Waals surface area contributed by atoms with E-state index in [2.05, 4.69) is 15.2 Å². The highest BCUT2D eigenvalue weighted by atomic mass is 35.5. The molecule has 0 aliphatic carbocycles. The topological polar surface area (TPSA) is 45.2 Å². The lowest BCUT2D eigenvalue weighted by Gasteiger charge is -2.11. The van der Waals surface area contributed by atoms with Crippen molar-refractivity contribution in [1.29, 1.82) is 0 Å². The van der Waals surface area contributed by atoms with E-state index in [0.717, 1.165) is 12.1 Å². The zero-order valence-corrected chi connectivity index (χ0v) is 13.2. The second-order valence-corrected chi connectivity index (χ2v) is 5.65. The molecule has 0 fully saturated rings. The molecule has 1 aromatic heterocycles. The van der Waals surface area contributed by atoms with E-state index in [1.165, 1.54) is 6.07 Å². The van der Waals surface area contributed by atoms with Gasteiger partial charge in [0.15, 0.2) is 0 Å². The average molecular weight is 324 g/mol. The lowest BCUT2D eigenvalue weighted by Crippen LogP contribution is -2.14. The number of anilines is 1. The minimum Gasteiger partial charge on any atom is -0.321 e. The Morgan fingerprint density at radius 1 is 1.14 bits per heavy atom. The predicted octanol–water partition coefficient (Wildman–Crippen LogP) is 3.70. The van der Waals surface area contributed by atoms with E-state index in [4.69, 9.17) is 23.2 Å². The molecule has 0 saturated heterocycles. The van der Waals surface area contributed by atoms with Gasteiger partial charge in [-0.2, -0.15) is 0 Å². The van der Waals surface area contributed by atoms with Crippen LogP contribution in [0.15, 0.2) is 36.4 Å². The molecule has 21 heavy (non-hydrogen) atoms. The predicted molar refractivity (Wildman–Crippen MR) is 86.0 cm³/mol. The van der Waals surface area contributed by atoms with Gasteiger partial charge >= 0.3 is 0 Å². The third-order valence-corrected chi connectivity index (χ3v) is 3.25. The number of rotatable bonds is 4. The number of nitrogens with one attached hydrogen (secondary N) is 1. The summed E-state index contributed by atoms with van der Waals surface area (Å²) < 4.78 is 0. The lowest BCUT2D eigenvalue weighted by molar-refractivity contribution is 0.102. The van der Waals surface area contributed by atoms with Crippen molar-refractivity contribution >= 4 is 34.8 Å². The summed E-state index contributed by atoms with van der Waals surface area (Å²) >= 11 is 11.7. The summed E-state index contributed by atoms with van der Waals surface area (Å²) in [6.45, 7) is 0.843. The summed E-state index contributed by atoms with van der Waals surface area (Å²) in [4.78, 5) is 18.1. The summed E-state index contributed by atoms with van der Waals surface area (Å²) in [5, 5.41) is 3.24. The maximum absolute atomic E-state index is 12.1. The van der Waals surface area contributed by atoms with Gasteiger partial charge in [0, 0.05) is 12.2 Å². The molecule has 1 amide bonds. The number of hydrogen-bond acceptors (Lipinski definition) is 3. The molecule has 1 N–H and O–H groups in total. The number of hydrogen-bond donors (Lipinski definition) is 1. The van der Waals surface area contributed by atoms with E-state index in [9.17, 15) is 4.79 Å². The molecule has 0 atom stereocenters. The van der Waals surface area contributed by atoms with Gasteiger partial charge in [-0.1, -0.05) is 35.3 Å². The summed E-state index contributed by atoms with van der Waals surface area (Å²) in [6, 6.07) is 10.7. The molecular formula is C15H15Cl2N3O. The molecule has 6 heteroatoms. The van der Waals surface area contributed by atoms with Gasteiger partial charge in [-0.05, 0) is 43.9 Å². The van der Waals surface area contributed by atoms with Crippen molar-refractivity contribution in [2.45, 2.75) is 6.54 Å². The Balaban J connectivity index is 2.10. The number of amides is 1. The van der Waals surface area contributed by atoms with E-state index < -0.39 is 0 Å². The number of halogens is 2. The highest BCUT2D eigenvalue weighted by Gasteiger charge is 2.13. The van der Waals surface area contributed by atoms with E-state index >= 15 is 0 Å². The molecule has 0 spiro atoms. The Hall–Kier alpha value is -1.62. The van der Waals surface area contributed by atoms with Crippen LogP contribution in [0, 0.1) is 0 Å². The van der Waals surface area contributed by atoms with Gasteiger partial charge in [-0.25, -0.2) is 4.98 Å². The highest BCUT2D eigenvalue weighted by Crippen LogP contribution is 2.19. The molecule has 2 rings (SSSR count). The first kappa shape index (κ1) is 15.8. The van der Waals surface area contributed by atoms with Crippen LogP contribution < -0.4 is 5.32 Å². The number of carbonyl (C=O) groups excluding carboxylic acids is 1. The van der Waals surface area contributed by atoms with E-state index in [0.29, 0.717) is 5.69 Å². The molecule has 4 nitrogen and oxygen atoms in total. The highest BCUT2D eigenvalue weighted by molar-refractivity contribution is 6.35. The number of carbonyl (C=O) groups is 1. The molecule has 0 radical (unpaired) electrons. The number of benzene rings is 1. The van der Waals surface area contributed by atoms with Gasteiger partial charge in [-0.15, -0.1) is 0 Å². The van der Waals surface area contributed by atoms with Crippen LogP contribution in [0.4, 0.5) is 5.69 Å². The van der Waals surface area contributed by atoms with Gasteiger partial charge in [-0.3, -0.25) is 4.79 Å². The maximum Gasteiger partial charge on any atom is 0.275 e. The van der Waals surface area contributed by atoms with Crippen molar-refractivity contribution in [2.75, 3.05) is 19.4 Å². The molecular weight excluding hydrogens is 309 g/mol. The average Bonchev–Trinajstić information content (AvgIpc) is 2.43. The van der Waals surface area contributed by atoms with Crippen LogP contribution in [0.2, 0.25) is 10.2 Å². The fourth-order valence-electron chi connectivity index (χ4n) is 1.83. The van der Waals surface area contributed by atoms with Crippen molar-refractivity contribution in [3.8, 4) is 0 Å². The standard InChI is InChI=1S/C15H15Cl2N3O/c1-20(2)9-10-3-5-11(6-4-10)18-15(21)14-12(16)7-8-13(17)19-14/h3-8H,9H2,1-2H3,(H,18,21). The zero-order valence-electron chi connectivity index (χ0n) is 11.7. The molecule has 0 bridgehead atoms. The minimum absolute atomic E-state index is 0.113. The fourth-order valence-corrected chi connectivity index (χ4v) is 2.17. The van der Waals surface area contributed by atoms with Crippen LogP contribution in [0.1, 0.15) is 16.1 Å². The monoisotopic (exact) mass is 323 g/mol. The molecule has 1 aromatic carbocycles. The van der Waals surface area contributed by atoms with Gasteiger partial charge < -0.3 is 10.2 Å². The van der Waals surface area contributed by atoms with Gasteiger partial charge in [0.1, 0.15) is 10.8 Å². The Labute approximate surface area is 133 Å². The van der Waals surface area contributed by atoms with Crippen molar-refractivity contribution in [1.82, 2.24) is 9.88 Å². The Bertz CT molecular complexity index is 642. The molecule has 0 aliphatic heterocycles. The molecule has 0 aliphatic rings. The SMILES string of the molecule is CN(C)Cc1ccc(NC(=O)c2nc(Cl)ccc2Cl)cc1. The second-order valence-electron chi connectivity index (χ2n) is 4.85. The number of pyridine rings is 1. The second kappa shape index (κ2) is 6.89. The number of aromatic nitrogens is 1. The largest absolute Gasteiger partial charge is 0.321 e. The van der Waals surface area contributed by atoms with Gasteiger partial charge in [0.25, 0.3) is 5.91 Å². The fraction of sp³-hybridized carbons (Fsp3) is 0.200. The van der Waals surface area contributed by atoms with E-state index in [1.807, 2.05) is 38.4 Å². The normalized spacial score (nSPS) is 10.7. The molecule has 0 unspecified atom stereocenters. The summed E-state index contributed by atoms with van der Waals surface area (Å²) in [7, 11) is 4.00. The lowest BCUT2D eigenvalue weighted by atomic mass is 10.2. The van der Waals surface area contributed by atoms with Crippen LogP contribution in [0.25, 0.3) is 0 Å². The first-order chi connectivity index (χ1) is 9.95. The molecule has 110 valence electrons. The van der Waals surface area contributed by atoms with E-state index in [-0.39, 0.29) is 21.8 Å². The third-order valence-electron chi connectivity index (χ3n) is 2.74. The molecule has 0 saturated carbocycles. The smallest absolute Gasteiger partial charge is 0.275 e. The van der Waals surface area contributed by atoms with E-state index in [1.54, 1.807) is 6.07 Å². The van der Waals surface area contributed by atoms with Crippen molar-refractivity contribution in [3.05, 3.63) is 57.8 Å². The van der Waals surface area contributed by atoms with Gasteiger partial charge in [0.2, 0.25) is 0 Å². The summed E-state index contributed by atoms with van der Waals surface area (Å²) in [6.07, 6.45) is 0. The first-order valence-corrected chi connectivity index (χ1v) is 7.08. The number of nitrogens with zero attached hydrogens (tertiary/aromatic N) is 2. The quantitative estimate of drug-likeness (QED) is 0.872. The summed E-state index contributed by atoms with van der Waals surface area (Å²) in [5.74, 6) is -0.386. The van der Waals surface area contributed by atoms with Crippen LogP contribution in [0.3, 0.4) is 0 Å². The molecule has 2 aromatic rings. The van der Waals surface area contributed by atoms with Crippen molar-refractivity contribution in [3.63, 3.8) is 0 Å². The van der Waals surface area contributed by atoms with Crippen LogP contribution in [-0.4, -0.2) is 29.9 Å². The first-order valence-electron chi connectivity index (χ1n) is 6.33. The van der Waals surface area contributed by atoms with Crippen LogP contribution in [0.5, 0.6) is 0 Å². The maximum atomic E-state index is 12.1. The van der Waals surface area contributed by atoms with Crippen LogP contribution >= 0.6 is 23.2 Å². The summed E-state index contributed by atoms with van der Waals surface area (Å²) in [5.41, 5.74) is 1.96. The Morgan fingerprint density at radius 3 is 2.43 bits per heavy atom. The van der Waals surface area contributed by atoms with Crippen LogP contribution in [-0.2, 0) is 6.54 Å². The Kier molecular flexibility index (Phi) is 5.17. The Morgan fingerprint density at radius 2 is 1.81 bits per heavy atom. The van der Waals surface area contributed by atoms with Crippen molar-refractivity contribution < 1.29 is 4.79 Å². The zero-order chi connectivity index (χ0) is 15.4. The van der Waals surface area contributed by atoms with Crippen molar-refractivity contribution in [2.24, 2.45) is 0 Å². The minimum atomic E-state index is -0.386. The molecule has 1 heterocycles.